The predicted octanol–water partition coefficient (Wildman–Crippen LogP) is -0.192. The smallest absolute Gasteiger partial charge is 0.261 e. The first kappa shape index (κ1) is 8.15. The molecule has 0 saturated heterocycles. The minimum Gasteiger partial charge on any atom is -0.349 e. The summed E-state index contributed by atoms with van der Waals surface area (Å²) in [4.78, 5) is 10.5. The van der Waals surface area contributed by atoms with Crippen molar-refractivity contribution in [3.05, 3.63) is 0 Å². The van der Waals surface area contributed by atoms with Crippen molar-refractivity contribution in [2.75, 3.05) is 14.2 Å². The molecule has 0 N–H and O–H groups in total. The summed E-state index contributed by atoms with van der Waals surface area (Å²) in [6.07, 6.45) is 3.86. The number of terminal acetylenes is 1. The molecule has 0 heterocycles. The summed E-state index contributed by atoms with van der Waals surface area (Å²) in [7, 11) is 2.70. The molecule has 9 heavy (non-hydrogen) atoms. The van der Waals surface area contributed by atoms with Crippen LogP contribution in [0.15, 0.2) is 0 Å². The van der Waals surface area contributed by atoms with Gasteiger partial charge in [0.15, 0.2) is 0 Å². The Bertz CT molecular complexity index is 130. The van der Waals surface area contributed by atoms with Crippen molar-refractivity contribution < 1.29 is 14.3 Å². The third-order valence-corrected chi connectivity index (χ3v) is 0.784. The lowest BCUT2D eigenvalue weighted by atomic mass is 10.4. The van der Waals surface area contributed by atoms with Crippen LogP contribution in [-0.2, 0) is 14.3 Å². The maximum absolute atomic E-state index is 10.5. The summed E-state index contributed by atoms with van der Waals surface area (Å²) in [5, 5.41) is 0. The molecule has 0 fully saturated rings. The van der Waals surface area contributed by atoms with Crippen LogP contribution in [0.1, 0.15) is 0 Å². The van der Waals surface area contributed by atoms with Crippen LogP contribution in [0.2, 0.25) is 0 Å². The fraction of sp³-hybridized carbons (Fsp3) is 0.500. The van der Waals surface area contributed by atoms with E-state index < -0.39 is 12.1 Å². The molecule has 0 unspecified atom stereocenters. The summed E-state index contributed by atoms with van der Waals surface area (Å²) < 4.78 is 9.08. The molecule has 0 aromatic carbocycles. The fourth-order valence-corrected chi connectivity index (χ4v) is 0.378. The highest BCUT2D eigenvalue weighted by Gasteiger charge is 2.12. The quantitative estimate of drug-likeness (QED) is 0.300. The highest BCUT2D eigenvalue weighted by atomic mass is 16.7. The van der Waals surface area contributed by atoms with Crippen molar-refractivity contribution >= 4 is 5.78 Å². The van der Waals surface area contributed by atoms with E-state index >= 15 is 0 Å². The van der Waals surface area contributed by atoms with E-state index in [9.17, 15) is 4.79 Å². The van der Waals surface area contributed by atoms with Gasteiger partial charge in [-0.1, -0.05) is 0 Å². The molecular formula is C6H8O3. The van der Waals surface area contributed by atoms with Gasteiger partial charge in [-0.2, -0.15) is 0 Å². The Balaban J connectivity index is 3.83. The van der Waals surface area contributed by atoms with Gasteiger partial charge in [0, 0.05) is 14.2 Å². The molecule has 0 atom stereocenters. The van der Waals surface area contributed by atoms with Crippen molar-refractivity contribution in [1.29, 1.82) is 0 Å². The maximum atomic E-state index is 10.5. The highest BCUT2D eigenvalue weighted by Crippen LogP contribution is 1.89. The predicted molar refractivity (Wildman–Crippen MR) is 31.6 cm³/mol. The molecule has 0 aliphatic carbocycles. The first-order valence-electron chi connectivity index (χ1n) is 2.32. The van der Waals surface area contributed by atoms with Gasteiger partial charge in [-0.15, -0.1) is 6.42 Å². The normalized spacial score (nSPS) is 9.11. The van der Waals surface area contributed by atoms with E-state index in [2.05, 4.69) is 9.47 Å². The van der Waals surface area contributed by atoms with Gasteiger partial charge in [0.2, 0.25) is 6.29 Å². The van der Waals surface area contributed by atoms with E-state index in [0.717, 1.165) is 0 Å². The third-order valence-electron chi connectivity index (χ3n) is 0.784. The Morgan fingerprint density at radius 1 is 1.56 bits per heavy atom. The number of ketones is 1. The second kappa shape index (κ2) is 4.07. The molecule has 0 aliphatic rings. The first-order chi connectivity index (χ1) is 4.26. The van der Waals surface area contributed by atoms with Crippen molar-refractivity contribution in [2.45, 2.75) is 6.29 Å². The van der Waals surface area contributed by atoms with Gasteiger partial charge >= 0.3 is 0 Å². The monoisotopic (exact) mass is 128 g/mol. The number of methoxy groups -OCH3 is 2. The SMILES string of the molecule is C#CC(=O)C(OC)OC. The molecule has 0 amide bonds. The van der Waals surface area contributed by atoms with Crippen LogP contribution in [0.25, 0.3) is 0 Å². The van der Waals surface area contributed by atoms with Crippen LogP contribution in [0.4, 0.5) is 0 Å². The molecule has 0 bridgehead atoms. The van der Waals surface area contributed by atoms with Gasteiger partial charge in [0.1, 0.15) is 0 Å². The molecule has 0 saturated carbocycles. The van der Waals surface area contributed by atoms with Gasteiger partial charge in [-0.3, -0.25) is 4.79 Å². The average Bonchev–Trinajstić information content (AvgIpc) is 1.90. The van der Waals surface area contributed by atoms with Crippen molar-refractivity contribution in [2.24, 2.45) is 0 Å². The minimum atomic E-state index is -0.907. The molecule has 0 aliphatic heterocycles. The van der Waals surface area contributed by atoms with Gasteiger partial charge in [0.05, 0.1) is 0 Å². The van der Waals surface area contributed by atoms with Gasteiger partial charge < -0.3 is 9.47 Å². The summed E-state index contributed by atoms with van der Waals surface area (Å²) >= 11 is 0. The second-order valence-electron chi connectivity index (χ2n) is 1.31. The fourth-order valence-electron chi connectivity index (χ4n) is 0.378. The van der Waals surface area contributed by atoms with Crippen LogP contribution in [-0.4, -0.2) is 26.3 Å². The molecule has 0 spiro atoms. The highest BCUT2D eigenvalue weighted by molar-refractivity contribution is 5.97. The molecule has 0 aromatic heterocycles. The Kier molecular flexibility index (Phi) is 3.69. The summed E-state index contributed by atoms with van der Waals surface area (Å²) in [5.41, 5.74) is 0. The van der Waals surface area contributed by atoms with E-state index in [1.807, 2.05) is 5.92 Å². The standard InChI is InChI=1S/C6H8O3/c1-4-5(7)6(8-2)9-3/h1,6H,2-3H3. The van der Waals surface area contributed by atoms with Crippen LogP contribution >= 0.6 is 0 Å². The number of hydrogen-bond acceptors (Lipinski definition) is 3. The van der Waals surface area contributed by atoms with Crippen LogP contribution in [0, 0.1) is 12.3 Å². The van der Waals surface area contributed by atoms with Crippen LogP contribution in [0.5, 0.6) is 0 Å². The first-order valence-corrected chi connectivity index (χ1v) is 2.32. The number of hydrogen-bond donors (Lipinski definition) is 0. The van der Waals surface area contributed by atoms with Gasteiger partial charge in [-0.25, -0.2) is 0 Å². The van der Waals surface area contributed by atoms with Crippen LogP contribution in [0.3, 0.4) is 0 Å². The van der Waals surface area contributed by atoms with E-state index in [-0.39, 0.29) is 0 Å². The lowest BCUT2D eigenvalue weighted by molar-refractivity contribution is -0.150. The summed E-state index contributed by atoms with van der Waals surface area (Å²) in [6.45, 7) is 0. The van der Waals surface area contributed by atoms with E-state index in [1.165, 1.54) is 14.2 Å². The summed E-state index contributed by atoms with van der Waals surface area (Å²) in [5.74, 6) is 1.38. The second-order valence-corrected chi connectivity index (χ2v) is 1.31. The Labute approximate surface area is 54.0 Å². The minimum absolute atomic E-state index is 0.500. The van der Waals surface area contributed by atoms with Gasteiger partial charge in [0.25, 0.3) is 5.78 Å². The maximum Gasteiger partial charge on any atom is 0.261 e. The number of carbonyl (C=O) groups excluding carboxylic acids is 1. The Hall–Kier alpha value is -0.850. The van der Waals surface area contributed by atoms with Crippen LogP contribution < -0.4 is 0 Å². The molecule has 3 nitrogen and oxygen atoms in total. The third kappa shape index (κ3) is 2.27. The largest absolute Gasteiger partial charge is 0.349 e. The van der Waals surface area contributed by atoms with Gasteiger partial charge in [-0.05, 0) is 5.92 Å². The zero-order valence-corrected chi connectivity index (χ0v) is 5.38. The van der Waals surface area contributed by atoms with Crippen molar-refractivity contribution in [3.63, 3.8) is 0 Å². The average molecular weight is 128 g/mol. The number of rotatable bonds is 3. The molecule has 0 rings (SSSR count). The zero-order chi connectivity index (χ0) is 7.28. The molecule has 0 aromatic rings. The van der Waals surface area contributed by atoms with E-state index in [1.54, 1.807) is 0 Å². The zero-order valence-electron chi connectivity index (χ0n) is 5.38. The lowest BCUT2D eigenvalue weighted by Gasteiger charge is -2.06. The van der Waals surface area contributed by atoms with Crippen molar-refractivity contribution in [1.82, 2.24) is 0 Å². The number of Topliss-reactive ketones (excluding diaryl/α,β-unsaturated/α-hetero) is 1. The topological polar surface area (TPSA) is 35.5 Å². The molecule has 50 valence electrons. The Morgan fingerprint density at radius 3 is 2.11 bits per heavy atom. The number of carbonyl (C=O) groups is 1. The van der Waals surface area contributed by atoms with E-state index in [4.69, 9.17) is 6.42 Å². The lowest BCUT2D eigenvalue weighted by Crippen LogP contribution is -2.22. The van der Waals surface area contributed by atoms with Crippen molar-refractivity contribution in [3.8, 4) is 12.3 Å². The molecule has 3 heteroatoms. The Morgan fingerprint density at radius 2 is 2.00 bits per heavy atom. The molecule has 0 radical (unpaired) electrons. The van der Waals surface area contributed by atoms with E-state index in [0.29, 0.717) is 0 Å². The molecular weight excluding hydrogens is 120 g/mol. The number of ether oxygens (including phenoxy) is 2. The summed E-state index contributed by atoms with van der Waals surface area (Å²) in [6, 6.07) is 0.